The summed E-state index contributed by atoms with van der Waals surface area (Å²) >= 11 is 5.80. The van der Waals surface area contributed by atoms with Gasteiger partial charge in [0, 0.05) is 40.4 Å². The molecular formula is C15H24ClNO3S. The average Bonchev–Trinajstić information content (AvgIpc) is 2.45. The van der Waals surface area contributed by atoms with Gasteiger partial charge in [-0.3, -0.25) is 4.21 Å². The van der Waals surface area contributed by atoms with Crippen LogP contribution in [0.4, 0.5) is 0 Å². The first-order valence-corrected chi connectivity index (χ1v) is 9.11. The van der Waals surface area contributed by atoms with Gasteiger partial charge in [-0.05, 0) is 31.0 Å². The maximum Gasteiger partial charge on any atom is 0.0897 e. The fraction of sp³-hybridized carbons (Fsp3) is 0.600. The molecule has 4 nitrogen and oxygen atoms in total. The maximum atomic E-state index is 11.0. The SMILES string of the molecule is CC(CCS(C)=O)NCC(O)COCc1ccc(Cl)cc1. The molecular weight excluding hydrogens is 310 g/mol. The second-order valence-corrected chi connectivity index (χ2v) is 7.16. The normalized spacial score (nSPS) is 15.6. The van der Waals surface area contributed by atoms with E-state index in [1.807, 2.05) is 31.2 Å². The highest BCUT2D eigenvalue weighted by atomic mass is 35.5. The van der Waals surface area contributed by atoms with Crippen LogP contribution in [-0.2, 0) is 22.1 Å². The van der Waals surface area contributed by atoms with Gasteiger partial charge in [0.2, 0.25) is 0 Å². The Morgan fingerprint density at radius 1 is 1.38 bits per heavy atom. The van der Waals surface area contributed by atoms with E-state index in [-0.39, 0.29) is 12.6 Å². The molecule has 6 heteroatoms. The van der Waals surface area contributed by atoms with Crippen LogP contribution in [0.15, 0.2) is 24.3 Å². The van der Waals surface area contributed by atoms with Gasteiger partial charge in [0.15, 0.2) is 0 Å². The number of benzene rings is 1. The van der Waals surface area contributed by atoms with Crippen molar-refractivity contribution >= 4 is 22.4 Å². The number of halogens is 1. The van der Waals surface area contributed by atoms with Crippen LogP contribution in [-0.4, -0.2) is 46.6 Å². The maximum absolute atomic E-state index is 11.0. The summed E-state index contributed by atoms with van der Waals surface area (Å²) < 4.78 is 16.5. The molecule has 0 heterocycles. The number of rotatable bonds is 10. The Labute approximate surface area is 134 Å². The lowest BCUT2D eigenvalue weighted by Crippen LogP contribution is -2.36. The first-order chi connectivity index (χ1) is 9.97. The number of aliphatic hydroxyl groups is 1. The van der Waals surface area contributed by atoms with Gasteiger partial charge in [-0.15, -0.1) is 0 Å². The van der Waals surface area contributed by atoms with E-state index in [2.05, 4.69) is 5.32 Å². The molecule has 1 aromatic carbocycles. The minimum absolute atomic E-state index is 0.236. The molecule has 1 rings (SSSR count). The predicted octanol–water partition coefficient (Wildman–Crippen LogP) is 1.96. The molecule has 0 bridgehead atoms. The summed E-state index contributed by atoms with van der Waals surface area (Å²) in [6.45, 7) is 3.23. The standard InChI is InChI=1S/C15H24ClNO3S/c1-12(7-8-21(2)19)17-9-15(18)11-20-10-13-3-5-14(16)6-4-13/h3-6,12,15,17-18H,7-11H2,1-2H3. The van der Waals surface area contributed by atoms with Crippen molar-refractivity contribution in [1.82, 2.24) is 5.32 Å². The second-order valence-electron chi connectivity index (χ2n) is 5.17. The minimum atomic E-state index is -0.765. The van der Waals surface area contributed by atoms with E-state index >= 15 is 0 Å². The number of hydrogen-bond donors (Lipinski definition) is 2. The van der Waals surface area contributed by atoms with Crippen LogP contribution in [0.3, 0.4) is 0 Å². The van der Waals surface area contributed by atoms with E-state index in [0.717, 1.165) is 12.0 Å². The predicted molar refractivity (Wildman–Crippen MR) is 88.1 cm³/mol. The molecule has 0 fully saturated rings. The molecule has 0 spiro atoms. The molecule has 0 amide bonds. The fourth-order valence-electron chi connectivity index (χ4n) is 1.73. The second kappa shape index (κ2) is 10.3. The molecule has 3 unspecified atom stereocenters. The highest BCUT2D eigenvalue weighted by Gasteiger charge is 2.08. The molecule has 0 aromatic heterocycles. The minimum Gasteiger partial charge on any atom is -0.389 e. The van der Waals surface area contributed by atoms with E-state index in [9.17, 15) is 9.32 Å². The van der Waals surface area contributed by atoms with Crippen molar-refractivity contribution in [2.75, 3.05) is 25.2 Å². The Kier molecular flexibility index (Phi) is 9.11. The Morgan fingerprint density at radius 3 is 2.67 bits per heavy atom. The van der Waals surface area contributed by atoms with Crippen LogP contribution in [0.25, 0.3) is 0 Å². The van der Waals surface area contributed by atoms with E-state index in [0.29, 0.717) is 23.9 Å². The van der Waals surface area contributed by atoms with E-state index < -0.39 is 16.9 Å². The quantitative estimate of drug-likeness (QED) is 0.687. The molecule has 2 N–H and O–H groups in total. The largest absolute Gasteiger partial charge is 0.389 e. The Bertz CT molecular complexity index is 427. The van der Waals surface area contributed by atoms with Gasteiger partial charge in [-0.2, -0.15) is 0 Å². The zero-order valence-electron chi connectivity index (χ0n) is 12.5. The number of nitrogens with one attached hydrogen (secondary N) is 1. The summed E-state index contributed by atoms with van der Waals surface area (Å²) in [5, 5.41) is 13.7. The van der Waals surface area contributed by atoms with Crippen molar-refractivity contribution in [2.24, 2.45) is 0 Å². The topological polar surface area (TPSA) is 58.6 Å². The van der Waals surface area contributed by atoms with Crippen molar-refractivity contribution in [3.63, 3.8) is 0 Å². The smallest absolute Gasteiger partial charge is 0.0897 e. The third-order valence-electron chi connectivity index (χ3n) is 3.03. The third-order valence-corrected chi connectivity index (χ3v) is 4.10. The average molecular weight is 334 g/mol. The summed E-state index contributed by atoms with van der Waals surface area (Å²) in [5.74, 6) is 0.678. The first-order valence-electron chi connectivity index (χ1n) is 7.01. The monoisotopic (exact) mass is 333 g/mol. The van der Waals surface area contributed by atoms with Crippen LogP contribution in [0.2, 0.25) is 5.02 Å². The van der Waals surface area contributed by atoms with E-state index in [4.69, 9.17) is 16.3 Å². The van der Waals surface area contributed by atoms with Crippen molar-refractivity contribution < 1.29 is 14.1 Å². The molecule has 0 aliphatic heterocycles. The van der Waals surface area contributed by atoms with Crippen LogP contribution < -0.4 is 5.32 Å². The van der Waals surface area contributed by atoms with Crippen LogP contribution in [0.1, 0.15) is 18.9 Å². The molecule has 0 radical (unpaired) electrons. The summed E-state index contributed by atoms with van der Waals surface area (Å²) in [5.41, 5.74) is 1.03. The van der Waals surface area contributed by atoms with Crippen LogP contribution in [0.5, 0.6) is 0 Å². The molecule has 0 aliphatic rings. The van der Waals surface area contributed by atoms with Gasteiger partial charge in [0.25, 0.3) is 0 Å². The summed E-state index contributed by atoms with van der Waals surface area (Å²) in [4.78, 5) is 0. The van der Waals surface area contributed by atoms with Gasteiger partial charge in [0.1, 0.15) is 0 Å². The van der Waals surface area contributed by atoms with E-state index in [1.54, 1.807) is 6.26 Å². The molecule has 120 valence electrons. The third kappa shape index (κ3) is 9.22. The highest BCUT2D eigenvalue weighted by Crippen LogP contribution is 2.10. The number of aliphatic hydroxyl groups excluding tert-OH is 1. The molecule has 0 saturated heterocycles. The summed E-state index contributed by atoms with van der Waals surface area (Å²) in [6.07, 6.45) is 1.99. The van der Waals surface area contributed by atoms with Gasteiger partial charge in [-0.1, -0.05) is 23.7 Å². The Hall–Kier alpha value is -0.460. The molecule has 21 heavy (non-hydrogen) atoms. The Morgan fingerprint density at radius 2 is 2.05 bits per heavy atom. The van der Waals surface area contributed by atoms with Crippen LogP contribution in [0, 0.1) is 0 Å². The highest BCUT2D eigenvalue weighted by molar-refractivity contribution is 7.84. The lowest BCUT2D eigenvalue weighted by atomic mass is 10.2. The van der Waals surface area contributed by atoms with Crippen molar-refractivity contribution in [1.29, 1.82) is 0 Å². The zero-order chi connectivity index (χ0) is 15.7. The Balaban J connectivity index is 2.12. The lowest BCUT2D eigenvalue weighted by molar-refractivity contribution is 0.0278. The number of hydrogen-bond acceptors (Lipinski definition) is 4. The van der Waals surface area contributed by atoms with Gasteiger partial charge < -0.3 is 15.2 Å². The lowest BCUT2D eigenvalue weighted by Gasteiger charge is -2.17. The van der Waals surface area contributed by atoms with Crippen molar-refractivity contribution in [3.05, 3.63) is 34.9 Å². The zero-order valence-corrected chi connectivity index (χ0v) is 14.1. The summed E-state index contributed by atoms with van der Waals surface area (Å²) in [7, 11) is -0.765. The van der Waals surface area contributed by atoms with Gasteiger partial charge in [0.05, 0.1) is 19.3 Å². The fourth-order valence-corrected chi connectivity index (χ4v) is 2.55. The molecule has 0 aliphatic carbocycles. The molecule has 0 saturated carbocycles. The van der Waals surface area contributed by atoms with E-state index in [1.165, 1.54) is 0 Å². The van der Waals surface area contributed by atoms with Gasteiger partial charge >= 0.3 is 0 Å². The molecule has 3 atom stereocenters. The van der Waals surface area contributed by atoms with Crippen molar-refractivity contribution in [2.45, 2.75) is 32.1 Å². The van der Waals surface area contributed by atoms with Crippen LogP contribution >= 0.6 is 11.6 Å². The first kappa shape index (κ1) is 18.6. The summed E-state index contributed by atoms with van der Waals surface area (Å²) in [6, 6.07) is 7.68. The number of ether oxygens (including phenoxy) is 1. The molecule has 1 aromatic rings. The van der Waals surface area contributed by atoms with Gasteiger partial charge in [-0.25, -0.2) is 0 Å². The van der Waals surface area contributed by atoms with Crippen molar-refractivity contribution in [3.8, 4) is 0 Å².